The van der Waals surface area contributed by atoms with E-state index in [0.29, 0.717) is 0 Å². The van der Waals surface area contributed by atoms with Crippen LogP contribution in [0.25, 0.3) is 0 Å². The maximum absolute atomic E-state index is 5.33. The molecule has 0 nitrogen and oxygen atoms in total. The van der Waals surface area contributed by atoms with Crippen molar-refractivity contribution >= 4 is 13.3 Å². The quantitative estimate of drug-likeness (QED) is 0.262. The van der Waals surface area contributed by atoms with Crippen LogP contribution in [0.5, 0.6) is 0 Å². The molecule has 1 aromatic rings. The molecule has 2 heteroatoms. The second-order valence-corrected chi connectivity index (χ2v) is 1.34. The molecule has 0 bridgehead atoms. The van der Waals surface area contributed by atoms with Gasteiger partial charge in [-0.05, 0) is 0 Å². The van der Waals surface area contributed by atoms with Gasteiger partial charge in [0.2, 0.25) is 0 Å². The minimum Gasteiger partial charge on any atom is -0.197 e. The van der Waals surface area contributed by atoms with Gasteiger partial charge in [-0.2, -0.15) is 35.8 Å². The molecule has 0 saturated heterocycles. The fraction of sp³-hybridized carbons (Fsp3) is 0. The topological polar surface area (TPSA) is 0 Å². The first-order chi connectivity index (χ1) is 3.39. The molecule has 2 radical (unpaired) electrons. The van der Waals surface area contributed by atoms with Gasteiger partial charge in [0.1, 0.15) is 0 Å². The van der Waals surface area contributed by atoms with E-state index in [0.717, 1.165) is 5.46 Å². The summed E-state index contributed by atoms with van der Waals surface area (Å²) in [5.41, 5.74) is 0.766. The van der Waals surface area contributed by atoms with Crippen molar-refractivity contribution in [3.8, 4) is 0 Å². The van der Waals surface area contributed by atoms with E-state index >= 15 is 0 Å². The zero-order valence-electron chi connectivity index (χ0n) is 4.89. The predicted molar refractivity (Wildman–Crippen MR) is 30.7 cm³/mol. The monoisotopic (exact) mass is 126 g/mol. The molecular formula is C6H4BK. The van der Waals surface area contributed by atoms with Crippen molar-refractivity contribution < 1.29 is 51.4 Å². The molecule has 1 aromatic carbocycles. The zero-order valence-corrected chi connectivity index (χ0v) is 8.01. The van der Waals surface area contributed by atoms with E-state index in [1.165, 1.54) is 0 Å². The van der Waals surface area contributed by atoms with Gasteiger partial charge in [0.15, 0.2) is 0 Å². The molecule has 0 aliphatic carbocycles. The number of hydrogen-bond acceptors (Lipinski definition) is 0. The molecule has 0 aliphatic rings. The van der Waals surface area contributed by atoms with Crippen LogP contribution >= 0.6 is 0 Å². The van der Waals surface area contributed by atoms with Gasteiger partial charge in [-0.1, -0.05) is 0 Å². The summed E-state index contributed by atoms with van der Waals surface area (Å²) in [5, 5.41) is 0. The SMILES string of the molecule is [B]c1c[c-]ccc1.[K+]. The van der Waals surface area contributed by atoms with Gasteiger partial charge in [-0.3, -0.25) is 0 Å². The first kappa shape index (κ1) is 8.92. The van der Waals surface area contributed by atoms with Crippen molar-refractivity contribution in [1.82, 2.24) is 0 Å². The molecule has 0 aliphatic heterocycles. The molecule has 0 amide bonds. The third kappa shape index (κ3) is 3.05. The Kier molecular flexibility index (Phi) is 5.32. The van der Waals surface area contributed by atoms with Crippen molar-refractivity contribution in [3.63, 3.8) is 0 Å². The normalized spacial score (nSPS) is 7.50. The van der Waals surface area contributed by atoms with Crippen molar-refractivity contribution in [3.05, 3.63) is 30.3 Å². The summed E-state index contributed by atoms with van der Waals surface area (Å²) < 4.78 is 0. The standard InChI is InChI=1S/C6H4B.K/c7-6-4-2-1-3-5-6;/h1-2,4-5H;/q-1;+1. The molecule has 1 rings (SSSR count). The predicted octanol–water partition coefficient (Wildman–Crippen LogP) is -2.72. The Bertz CT molecular complexity index is 138. The molecule has 0 heterocycles. The van der Waals surface area contributed by atoms with Crippen molar-refractivity contribution in [2.75, 3.05) is 0 Å². The van der Waals surface area contributed by atoms with E-state index in [9.17, 15) is 0 Å². The van der Waals surface area contributed by atoms with Crippen LogP contribution in [0.15, 0.2) is 24.3 Å². The average molecular weight is 126 g/mol. The van der Waals surface area contributed by atoms with E-state index in [1.807, 2.05) is 18.2 Å². The number of hydrogen-bond donors (Lipinski definition) is 0. The van der Waals surface area contributed by atoms with Crippen LogP contribution in [0, 0.1) is 6.07 Å². The number of rotatable bonds is 0. The maximum atomic E-state index is 5.33. The molecule has 0 saturated carbocycles. The van der Waals surface area contributed by atoms with Gasteiger partial charge < -0.3 is 0 Å². The fourth-order valence-electron chi connectivity index (χ4n) is 0.407. The molecule has 8 heavy (non-hydrogen) atoms. The Morgan fingerprint density at radius 1 is 1.50 bits per heavy atom. The summed E-state index contributed by atoms with van der Waals surface area (Å²) >= 11 is 0. The van der Waals surface area contributed by atoms with Gasteiger partial charge in [0.25, 0.3) is 0 Å². The Balaban J connectivity index is 0.000000490. The van der Waals surface area contributed by atoms with Crippen LogP contribution in [0.3, 0.4) is 0 Å². The molecule has 0 N–H and O–H groups in total. The Morgan fingerprint density at radius 2 is 2.25 bits per heavy atom. The van der Waals surface area contributed by atoms with E-state index in [-0.39, 0.29) is 51.4 Å². The number of benzene rings is 1. The van der Waals surface area contributed by atoms with Crippen LogP contribution in [-0.4, -0.2) is 7.85 Å². The van der Waals surface area contributed by atoms with Crippen LogP contribution in [-0.2, 0) is 0 Å². The first-order valence-electron chi connectivity index (χ1n) is 2.11. The van der Waals surface area contributed by atoms with Crippen LogP contribution in [0.4, 0.5) is 0 Å². The van der Waals surface area contributed by atoms with Crippen molar-refractivity contribution in [1.29, 1.82) is 0 Å². The molecular weight excluding hydrogens is 122 g/mol. The van der Waals surface area contributed by atoms with Gasteiger partial charge in [0, 0.05) is 7.85 Å². The molecule has 0 aromatic heterocycles. The summed E-state index contributed by atoms with van der Waals surface area (Å²) in [5.74, 6) is 0. The molecule has 0 fully saturated rings. The van der Waals surface area contributed by atoms with E-state index in [4.69, 9.17) is 7.85 Å². The maximum Gasteiger partial charge on any atom is 1.00 e. The smallest absolute Gasteiger partial charge is 0.197 e. The molecule has 32 valence electrons. The average Bonchev–Trinajstić information content (AvgIpc) is 1.69. The van der Waals surface area contributed by atoms with Gasteiger partial charge >= 0.3 is 51.4 Å². The summed E-state index contributed by atoms with van der Waals surface area (Å²) in [6, 6.07) is 10.1. The summed E-state index contributed by atoms with van der Waals surface area (Å²) in [4.78, 5) is 0. The van der Waals surface area contributed by atoms with Crippen LogP contribution in [0.2, 0.25) is 0 Å². The second kappa shape index (κ2) is 4.77. The Morgan fingerprint density at radius 3 is 2.50 bits per heavy atom. The van der Waals surface area contributed by atoms with E-state index in [2.05, 4.69) is 6.07 Å². The largest absolute Gasteiger partial charge is 1.00 e. The Labute approximate surface area is 93.5 Å². The van der Waals surface area contributed by atoms with E-state index < -0.39 is 0 Å². The molecule has 0 atom stereocenters. The van der Waals surface area contributed by atoms with Gasteiger partial charge in [0.05, 0.1) is 0 Å². The first-order valence-corrected chi connectivity index (χ1v) is 2.11. The minimum absolute atomic E-state index is 0. The minimum atomic E-state index is 0. The van der Waals surface area contributed by atoms with E-state index in [1.54, 1.807) is 6.07 Å². The third-order valence-electron chi connectivity index (χ3n) is 0.731. The molecule has 0 unspecified atom stereocenters. The fourth-order valence-corrected chi connectivity index (χ4v) is 0.407. The van der Waals surface area contributed by atoms with Crippen LogP contribution < -0.4 is 56.8 Å². The van der Waals surface area contributed by atoms with Crippen molar-refractivity contribution in [2.24, 2.45) is 0 Å². The third-order valence-corrected chi connectivity index (χ3v) is 0.731. The Hall–Kier alpha value is 0.921. The summed E-state index contributed by atoms with van der Waals surface area (Å²) in [7, 11) is 5.33. The second-order valence-electron chi connectivity index (χ2n) is 1.34. The van der Waals surface area contributed by atoms with Gasteiger partial charge in [-0.25, -0.2) is 0 Å². The summed E-state index contributed by atoms with van der Waals surface area (Å²) in [6.07, 6.45) is 0. The molecule has 0 spiro atoms. The van der Waals surface area contributed by atoms with Crippen molar-refractivity contribution in [2.45, 2.75) is 0 Å². The van der Waals surface area contributed by atoms with Gasteiger partial charge in [-0.15, -0.1) is 0 Å². The summed E-state index contributed by atoms with van der Waals surface area (Å²) in [6.45, 7) is 0. The zero-order chi connectivity index (χ0) is 5.11. The van der Waals surface area contributed by atoms with Crippen LogP contribution in [0.1, 0.15) is 0 Å².